The highest BCUT2D eigenvalue weighted by Gasteiger charge is 2.38. The summed E-state index contributed by atoms with van der Waals surface area (Å²) < 4.78 is 16.2. The van der Waals surface area contributed by atoms with E-state index in [0.717, 1.165) is 0 Å². The van der Waals surface area contributed by atoms with Crippen LogP contribution in [0.2, 0.25) is 6.55 Å². The predicted molar refractivity (Wildman–Crippen MR) is 59.3 cm³/mol. The van der Waals surface area contributed by atoms with Gasteiger partial charge in [0.05, 0.1) is 18.8 Å². The van der Waals surface area contributed by atoms with Crippen molar-refractivity contribution in [1.29, 1.82) is 0 Å². The molecular formula is C10H18O3Si. The second-order valence-electron chi connectivity index (χ2n) is 2.62. The van der Waals surface area contributed by atoms with Gasteiger partial charge in [-0.2, -0.15) is 0 Å². The minimum atomic E-state index is -2.57. The largest absolute Gasteiger partial charge is 0.694 e. The van der Waals surface area contributed by atoms with Gasteiger partial charge in [0.1, 0.15) is 0 Å². The van der Waals surface area contributed by atoms with Crippen LogP contribution in [0.5, 0.6) is 0 Å². The monoisotopic (exact) mass is 214 g/mol. The van der Waals surface area contributed by atoms with Crippen molar-refractivity contribution < 1.29 is 13.3 Å². The zero-order chi connectivity index (χ0) is 10.9. The van der Waals surface area contributed by atoms with Crippen LogP contribution in [0.1, 0.15) is 20.8 Å². The van der Waals surface area contributed by atoms with E-state index >= 15 is 0 Å². The molecule has 0 aromatic rings. The van der Waals surface area contributed by atoms with E-state index in [-0.39, 0.29) is 0 Å². The molecule has 0 rings (SSSR count). The number of rotatable bonds is 6. The maximum absolute atomic E-state index is 5.39. The van der Waals surface area contributed by atoms with Crippen LogP contribution in [0.15, 0.2) is 37.0 Å². The fraction of sp³-hybridized carbons (Fsp3) is 0.400. The normalized spacial score (nSPS) is 16.3. The fourth-order valence-electron chi connectivity index (χ4n) is 0.658. The van der Waals surface area contributed by atoms with Crippen LogP contribution in [0.3, 0.4) is 0 Å². The Hall–Kier alpha value is -1.16. The summed E-state index contributed by atoms with van der Waals surface area (Å²) >= 11 is 0. The molecule has 0 aromatic carbocycles. The summed E-state index contributed by atoms with van der Waals surface area (Å²) in [6.07, 6.45) is 10.1. The lowest BCUT2D eigenvalue weighted by atomic mass is 10.7. The Morgan fingerprint density at radius 2 is 1.00 bits per heavy atom. The molecule has 0 fully saturated rings. The molecule has 80 valence electrons. The molecule has 0 unspecified atom stereocenters. The van der Waals surface area contributed by atoms with Gasteiger partial charge in [0.2, 0.25) is 0 Å². The minimum Gasteiger partial charge on any atom is -0.491 e. The molecule has 0 N–H and O–H groups in total. The van der Waals surface area contributed by atoms with E-state index < -0.39 is 8.80 Å². The first-order chi connectivity index (χ1) is 6.68. The van der Waals surface area contributed by atoms with Crippen LogP contribution < -0.4 is 0 Å². The number of allylic oxidation sites excluding steroid dienone is 3. The highest BCUT2D eigenvalue weighted by molar-refractivity contribution is 6.59. The third-order valence-electron chi connectivity index (χ3n) is 1.25. The predicted octanol–water partition coefficient (Wildman–Crippen LogP) is 3.21. The standard InChI is InChI=1S/C10H18O3Si/c1-5-8-11-14(4,12-9-6-2)13-10-7-3/h5-10H,1-4H3. The highest BCUT2D eigenvalue weighted by atomic mass is 28.4. The Balaban J connectivity index is 4.30. The number of hydrogen-bond acceptors (Lipinski definition) is 3. The average molecular weight is 214 g/mol. The van der Waals surface area contributed by atoms with Gasteiger partial charge in [-0.05, 0) is 20.8 Å². The van der Waals surface area contributed by atoms with E-state index in [1.165, 1.54) is 0 Å². The van der Waals surface area contributed by atoms with Gasteiger partial charge < -0.3 is 13.3 Å². The Bertz CT molecular complexity index is 185. The molecule has 14 heavy (non-hydrogen) atoms. The van der Waals surface area contributed by atoms with Gasteiger partial charge in [0, 0.05) is 6.55 Å². The first-order valence-corrected chi connectivity index (χ1v) is 6.78. The SMILES string of the molecule is CC=CO[Si](C)(OC=CC)OC=CC. The molecule has 0 aliphatic heterocycles. The molecule has 0 aliphatic carbocycles. The zero-order valence-corrected chi connectivity index (χ0v) is 10.2. The van der Waals surface area contributed by atoms with E-state index in [2.05, 4.69) is 0 Å². The molecule has 4 heteroatoms. The van der Waals surface area contributed by atoms with Crippen LogP contribution >= 0.6 is 0 Å². The lowest BCUT2D eigenvalue weighted by Gasteiger charge is -2.21. The van der Waals surface area contributed by atoms with Crippen molar-refractivity contribution in [3.8, 4) is 0 Å². The van der Waals surface area contributed by atoms with E-state index in [4.69, 9.17) is 13.3 Å². The van der Waals surface area contributed by atoms with Gasteiger partial charge in [0.25, 0.3) is 0 Å². The van der Waals surface area contributed by atoms with Gasteiger partial charge in [0.15, 0.2) is 0 Å². The van der Waals surface area contributed by atoms with E-state index in [9.17, 15) is 0 Å². The molecule has 0 amide bonds. The van der Waals surface area contributed by atoms with E-state index in [0.29, 0.717) is 0 Å². The second-order valence-corrected chi connectivity index (χ2v) is 5.06. The Morgan fingerprint density at radius 3 is 1.21 bits per heavy atom. The van der Waals surface area contributed by atoms with Gasteiger partial charge >= 0.3 is 8.80 Å². The Labute approximate surface area is 87.0 Å². The van der Waals surface area contributed by atoms with Gasteiger partial charge in [-0.15, -0.1) is 0 Å². The molecule has 0 atom stereocenters. The molecule has 0 heterocycles. The quantitative estimate of drug-likeness (QED) is 0.502. The van der Waals surface area contributed by atoms with Crippen molar-refractivity contribution in [2.75, 3.05) is 0 Å². The lowest BCUT2D eigenvalue weighted by Crippen LogP contribution is -2.37. The van der Waals surface area contributed by atoms with Crippen molar-refractivity contribution in [2.24, 2.45) is 0 Å². The van der Waals surface area contributed by atoms with Crippen LogP contribution in [-0.4, -0.2) is 8.80 Å². The maximum atomic E-state index is 5.39. The first kappa shape index (κ1) is 12.8. The average Bonchev–Trinajstić information content (AvgIpc) is 2.21. The number of hydrogen-bond donors (Lipinski definition) is 0. The maximum Gasteiger partial charge on any atom is 0.694 e. The highest BCUT2D eigenvalue weighted by Crippen LogP contribution is 2.11. The molecule has 0 aliphatic rings. The molecular weight excluding hydrogens is 196 g/mol. The van der Waals surface area contributed by atoms with Crippen molar-refractivity contribution in [3.63, 3.8) is 0 Å². The van der Waals surface area contributed by atoms with Gasteiger partial charge in [-0.3, -0.25) is 0 Å². The summed E-state index contributed by atoms with van der Waals surface area (Å²) in [5.74, 6) is 0. The van der Waals surface area contributed by atoms with Crippen LogP contribution in [0.25, 0.3) is 0 Å². The molecule has 0 aromatic heterocycles. The van der Waals surface area contributed by atoms with Crippen molar-refractivity contribution in [3.05, 3.63) is 37.0 Å². The third-order valence-corrected chi connectivity index (χ3v) is 2.95. The minimum absolute atomic E-state index is 1.58. The zero-order valence-electron chi connectivity index (χ0n) is 9.19. The third kappa shape index (κ3) is 5.48. The topological polar surface area (TPSA) is 27.7 Å². The van der Waals surface area contributed by atoms with E-state index in [1.54, 1.807) is 37.0 Å². The van der Waals surface area contributed by atoms with Gasteiger partial charge in [-0.25, -0.2) is 0 Å². The molecule has 0 saturated heterocycles. The van der Waals surface area contributed by atoms with E-state index in [1.807, 2.05) is 27.3 Å². The summed E-state index contributed by atoms with van der Waals surface area (Å²) in [5.41, 5.74) is 0. The summed E-state index contributed by atoms with van der Waals surface area (Å²) in [7, 11) is -2.57. The summed E-state index contributed by atoms with van der Waals surface area (Å²) in [6.45, 7) is 7.45. The molecule has 0 radical (unpaired) electrons. The molecule has 3 nitrogen and oxygen atoms in total. The Morgan fingerprint density at radius 1 is 0.714 bits per heavy atom. The smallest absolute Gasteiger partial charge is 0.491 e. The first-order valence-electron chi connectivity index (χ1n) is 4.55. The summed E-state index contributed by atoms with van der Waals surface area (Å²) in [5, 5.41) is 0. The van der Waals surface area contributed by atoms with Crippen molar-refractivity contribution in [2.45, 2.75) is 27.3 Å². The van der Waals surface area contributed by atoms with Crippen molar-refractivity contribution >= 4 is 8.80 Å². The fourth-order valence-corrected chi connectivity index (χ4v) is 1.97. The molecule has 0 bridgehead atoms. The molecule has 0 saturated carbocycles. The summed E-state index contributed by atoms with van der Waals surface area (Å²) in [6, 6.07) is 0. The summed E-state index contributed by atoms with van der Waals surface area (Å²) in [4.78, 5) is 0. The molecule has 0 spiro atoms. The second kappa shape index (κ2) is 7.26. The van der Waals surface area contributed by atoms with Crippen LogP contribution in [0, 0.1) is 0 Å². The Kier molecular flexibility index (Phi) is 6.66. The van der Waals surface area contributed by atoms with Gasteiger partial charge in [-0.1, -0.05) is 18.2 Å². The lowest BCUT2D eigenvalue weighted by molar-refractivity contribution is 0.189. The van der Waals surface area contributed by atoms with Crippen LogP contribution in [-0.2, 0) is 13.3 Å². The van der Waals surface area contributed by atoms with Crippen molar-refractivity contribution in [1.82, 2.24) is 0 Å². The van der Waals surface area contributed by atoms with Crippen LogP contribution in [0.4, 0.5) is 0 Å².